The molecular formula is C21H24FN5O2. The van der Waals surface area contributed by atoms with Gasteiger partial charge in [-0.1, -0.05) is 19.0 Å². The molecule has 29 heavy (non-hydrogen) atoms. The van der Waals surface area contributed by atoms with Gasteiger partial charge in [-0.2, -0.15) is 10.1 Å². The Morgan fingerprint density at radius 1 is 1.28 bits per heavy atom. The van der Waals surface area contributed by atoms with Crippen LogP contribution < -0.4 is 5.32 Å². The molecule has 2 heterocycles. The number of hydrogen-bond acceptors (Lipinski definition) is 5. The van der Waals surface area contributed by atoms with Gasteiger partial charge in [-0.05, 0) is 49.9 Å². The van der Waals surface area contributed by atoms with Crippen LogP contribution in [-0.2, 0) is 19.3 Å². The second-order valence-corrected chi connectivity index (χ2v) is 7.58. The molecule has 0 atom stereocenters. The average molecular weight is 397 g/mol. The predicted octanol–water partition coefficient (Wildman–Crippen LogP) is 3.37. The molecule has 0 fully saturated rings. The van der Waals surface area contributed by atoms with Crippen LogP contribution in [0.15, 0.2) is 28.8 Å². The van der Waals surface area contributed by atoms with Crippen molar-refractivity contribution in [1.29, 1.82) is 0 Å². The fourth-order valence-corrected chi connectivity index (χ4v) is 3.54. The van der Waals surface area contributed by atoms with Crippen molar-refractivity contribution in [3.8, 4) is 5.69 Å². The topological polar surface area (TPSA) is 85.8 Å². The first-order valence-electron chi connectivity index (χ1n) is 10.0. The molecule has 1 aliphatic rings. The lowest BCUT2D eigenvalue weighted by molar-refractivity contribution is 0.0946. The minimum atomic E-state index is -0.294. The summed E-state index contributed by atoms with van der Waals surface area (Å²) in [4.78, 5) is 17.1. The minimum Gasteiger partial charge on any atom is -0.351 e. The molecule has 7 nitrogen and oxygen atoms in total. The summed E-state index contributed by atoms with van der Waals surface area (Å²) in [6.45, 7) is 4.52. The molecule has 1 N–H and O–H groups in total. The number of amides is 1. The van der Waals surface area contributed by atoms with Crippen LogP contribution in [0.1, 0.15) is 66.1 Å². The summed E-state index contributed by atoms with van der Waals surface area (Å²) in [6.07, 6.45) is 4.00. The summed E-state index contributed by atoms with van der Waals surface area (Å²) in [5.74, 6) is 1.04. The summed E-state index contributed by atoms with van der Waals surface area (Å²) in [5.41, 5.74) is 3.25. The minimum absolute atomic E-state index is 0.183. The van der Waals surface area contributed by atoms with Gasteiger partial charge in [-0.25, -0.2) is 9.07 Å². The van der Waals surface area contributed by atoms with Crippen LogP contribution in [0, 0.1) is 5.82 Å². The number of nitrogens with zero attached hydrogens (tertiary/aromatic N) is 4. The molecule has 8 heteroatoms. The maximum atomic E-state index is 13.2. The van der Waals surface area contributed by atoms with E-state index in [9.17, 15) is 9.18 Å². The smallest absolute Gasteiger partial charge is 0.272 e. The zero-order chi connectivity index (χ0) is 20.4. The van der Waals surface area contributed by atoms with Gasteiger partial charge < -0.3 is 9.84 Å². The molecule has 2 aromatic heterocycles. The van der Waals surface area contributed by atoms with Crippen molar-refractivity contribution in [2.24, 2.45) is 0 Å². The Hall–Kier alpha value is -3.03. The number of benzene rings is 1. The molecule has 152 valence electrons. The summed E-state index contributed by atoms with van der Waals surface area (Å²) in [5, 5.41) is 11.4. The van der Waals surface area contributed by atoms with Gasteiger partial charge in [0.15, 0.2) is 11.5 Å². The van der Waals surface area contributed by atoms with E-state index < -0.39 is 0 Å². The highest BCUT2D eigenvalue weighted by Gasteiger charge is 2.26. The van der Waals surface area contributed by atoms with E-state index in [2.05, 4.69) is 20.6 Å². The largest absolute Gasteiger partial charge is 0.351 e. The average Bonchev–Trinajstić information content (AvgIpc) is 3.42. The van der Waals surface area contributed by atoms with Crippen LogP contribution in [0.4, 0.5) is 4.39 Å². The zero-order valence-electron chi connectivity index (χ0n) is 16.6. The summed E-state index contributed by atoms with van der Waals surface area (Å²) >= 11 is 0. The molecule has 4 rings (SSSR count). The first-order chi connectivity index (χ1) is 14.0. The maximum absolute atomic E-state index is 13.2. The Morgan fingerprint density at radius 2 is 2.07 bits per heavy atom. The van der Waals surface area contributed by atoms with Crippen molar-refractivity contribution in [3.05, 3.63) is 58.7 Å². The van der Waals surface area contributed by atoms with Gasteiger partial charge in [0, 0.05) is 30.1 Å². The van der Waals surface area contributed by atoms with E-state index in [1.807, 2.05) is 13.8 Å². The first-order valence-corrected chi connectivity index (χ1v) is 10.0. The monoisotopic (exact) mass is 397 g/mol. The number of rotatable bonds is 7. The zero-order valence-corrected chi connectivity index (χ0v) is 16.6. The van der Waals surface area contributed by atoms with E-state index in [4.69, 9.17) is 4.52 Å². The highest BCUT2D eigenvalue weighted by Crippen LogP contribution is 2.27. The number of fused-ring (bicyclic) bond motifs is 1. The molecule has 1 aliphatic carbocycles. The van der Waals surface area contributed by atoms with Gasteiger partial charge in [0.05, 0.1) is 5.69 Å². The van der Waals surface area contributed by atoms with Crippen LogP contribution >= 0.6 is 0 Å². The van der Waals surface area contributed by atoms with Crippen molar-refractivity contribution in [2.45, 2.75) is 51.9 Å². The molecule has 0 unspecified atom stereocenters. The van der Waals surface area contributed by atoms with Crippen LogP contribution in [-0.4, -0.2) is 32.4 Å². The molecule has 0 radical (unpaired) electrons. The quantitative estimate of drug-likeness (QED) is 0.618. The van der Waals surface area contributed by atoms with Crippen LogP contribution in [0.2, 0.25) is 0 Å². The standard InChI is InChI=1S/C21H24FN5O2/c1-13(2)20-24-18(29-26-20)7-4-12-23-21(28)19-16-5-3-6-17(16)27(25-19)15-10-8-14(22)9-11-15/h8-11,13H,3-7,12H2,1-2H3,(H,23,28). The number of hydrogen-bond donors (Lipinski definition) is 1. The Balaban J connectivity index is 1.40. The van der Waals surface area contributed by atoms with Crippen molar-refractivity contribution in [1.82, 2.24) is 25.2 Å². The van der Waals surface area contributed by atoms with Gasteiger partial charge in [-0.3, -0.25) is 4.79 Å². The summed E-state index contributed by atoms with van der Waals surface area (Å²) < 4.78 is 20.2. The fourth-order valence-electron chi connectivity index (χ4n) is 3.54. The number of aryl methyl sites for hydroxylation is 1. The van der Waals surface area contributed by atoms with E-state index in [0.29, 0.717) is 36.8 Å². The molecule has 0 spiro atoms. The fraction of sp³-hybridized carbons (Fsp3) is 0.429. The second-order valence-electron chi connectivity index (χ2n) is 7.58. The van der Waals surface area contributed by atoms with Gasteiger partial charge in [0.25, 0.3) is 5.91 Å². The lowest BCUT2D eigenvalue weighted by atomic mass is 10.2. The molecule has 1 amide bonds. The van der Waals surface area contributed by atoms with Crippen LogP contribution in [0.3, 0.4) is 0 Å². The number of halogens is 1. The Kier molecular flexibility index (Phi) is 5.42. The van der Waals surface area contributed by atoms with Gasteiger partial charge in [0.1, 0.15) is 5.82 Å². The van der Waals surface area contributed by atoms with Crippen molar-refractivity contribution < 1.29 is 13.7 Å². The van der Waals surface area contributed by atoms with E-state index in [-0.39, 0.29) is 17.6 Å². The van der Waals surface area contributed by atoms with E-state index in [1.165, 1.54) is 12.1 Å². The number of nitrogens with one attached hydrogen (secondary N) is 1. The number of carbonyl (C=O) groups excluding carboxylic acids is 1. The van der Waals surface area contributed by atoms with Gasteiger partial charge in [-0.15, -0.1) is 0 Å². The number of carbonyl (C=O) groups is 1. The molecule has 0 bridgehead atoms. The SMILES string of the molecule is CC(C)c1noc(CCCNC(=O)c2nn(-c3ccc(F)cc3)c3c2CCC3)n1. The maximum Gasteiger partial charge on any atom is 0.272 e. The highest BCUT2D eigenvalue weighted by atomic mass is 19.1. The van der Waals surface area contributed by atoms with Crippen molar-refractivity contribution in [2.75, 3.05) is 6.54 Å². The third-order valence-corrected chi connectivity index (χ3v) is 5.07. The Morgan fingerprint density at radius 3 is 2.79 bits per heavy atom. The molecule has 0 saturated heterocycles. The molecule has 0 saturated carbocycles. The Labute approximate surface area is 168 Å². The van der Waals surface area contributed by atoms with E-state index >= 15 is 0 Å². The van der Waals surface area contributed by atoms with E-state index in [1.54, 1.807) is 16.8 Å². The molecular weight excluding hydrogens is 373 g/mol. The summed E-state index contributed by atoms with van der Waals surface area (Å²) in [7, 11) is 0. The van der Waals surface area contributed by atoms with Gasteiger partial charge in [0.2, 0.25) is 5.89 Å². The predicted molar refractivity (Wildman–Crippen MR) is 105 cm³/mol. The van der Waals surface area contributed by atoms with Crippen LogP contribution in [0.5, 0.6) is 0 Å². The molecule has 1 aromatic carbocycles. The normalized spacial score (nSPS) is 13.1. The first kappa shape index (κ1) is 19.3. The van der Waals surface area contributed by atoms with Crippen molar-refractivity contribution in [3.63, 3.8) is 0 Å². The third kappa shape index (κ3) is 4.06. The molecule has 0 aliphatic heterocycles. The highest BCUT2D eigenvalue weighted by molar-refractivity contribution is 5.94. The third-order valence-electron chi connectivity index (χ3n) is 5.07. The second kappa shape index (κ2) is 8.14. The van der Waals surface area contributed by atoms with Crippen LogP contribution in [0.25, 0.3) is 5.69 Å². The lowest BCUT2D eigenvalue weighted by Gasteiger charge is -2.05. The summed E-state index contributed by atoms with van der Waals surface area (Å²) in [6, 6.07) is 6.16. The number of aromatic nitrogens is 4. The van der Waals surface area contributed by atoms with Gasteiger partial charge >= 0.3 is 0 Å². The van der Waals surface area contributed by atoms with Crippen molar-refractivity contribution >= 4 is 5.91 Å². The van der Waals surface area contributed by atoms with E-state index in [0.717, 1.165) is 36.2 Å². The lowest BCUT2D eigenvalue weighted by Crippen LogP contribution is -2.26. The Bertz CT molecular complexity index is 1010. The molecule has 3 aromatic rings.